The molecular formula is C19H24ClN. The third kappa shape index (κ3) is 3.66. The van der Waals surface area contributed by atoms with Crippen LogP contribution in [0.1, 0.15) is 44.9 Å². The average Bonchev–Trinajstić information content (AvgIpc) is 2.45. The van der Waals surface area contributed by atoms with E-state index in [1.54, 1.807) is 0 Å². The average molecular weight is 302 g/mol. The van der Waals surface area contributed by atoms with Gasteiger partial charge in [0.05, 0.1) is 0 Å². The maximum absolute atomic E-state index is 6.42. The van der Waals surface area contributed by atoms with Crippen LogP contribution in [0.5, 0.6) is 0 Å². The molecule has 2 heteroatoms. The number of nitrogens with one attached hydrogen (secondary N) is 1. The number of halogens is 1. The summed E-state index contributed by atoms with van der Waals surface area (Å²) < 4.78 is 0. The Bertz CT molecular complexity index is 608. The summed E-state index contributed by atoms with van der Waals surface area (Å²) in [5.41, 5.74) is 5.02. The second kappa shape index (κ2) is 6.21. The molecule has 0 saturated heterocycles. The first kappa shape index (κ1) is 16.1. The van der Waals surface area contributed by atoms with Crippen LogP contribution in [0.2, 0.25) is 5.02 Å². The monoisotopic (exact) mass is 301 g/mol. The summed E-state index contributed by atoms with van der Waals surface area (Å²) in [6.07, 6.45) is 0. The van der Waals surface area contributed by atoms with Crippen molar-refractivity contribution >= 4 is 11.6 Å². The topological polar surface area (TPSA) is 12.0 Å². The van der Waals surface area contributed by atoms with Crippen LogP contribution in [-0.2, 0) is 5.41 Å². The van der Waals surface area contributed by atoms with E-state index in [0.29, 0.717) is 0 Å². The van der Waals surface area contributed by atoms with Gasteiger partial charge in [0.2, 0.25) is 0 Å². The molecule has 0 aliphatic rings. The smallest absolute Gasteiger partial charge is 0.0459 e. The fourth-order valence-electron chi connectivity index (χ4n) is 2.38. The Morgan fingerprint density at radius 2 is 1.52 bits per heavy atom. The molecule has 0 radical (unpaired) electrons. The normalized spacial score (nSPS) is 13.2. The molecule has 0 aromatic heterocycles. The zero-order chi connectivity index (χ0) is 15.6. The fourth-order valence-corrected chi connectivity index (χ4v) is 2.72. The van der Waals surface area contributed by atoms with Crippen LogP contribution in [0.3, 0.4) is 0 Å². The highest BCUT2D eigenvalue weighted by molar-refractivity contribution is 6.31. The molecule has 1 atom stereocenters. The van der Waals surface area contributed by atoms with Crippen LogP contribution < -0.4 is 5.32 Å². The van der Waals surface area contributed by atoms with Crippen LogP contribution in [0, 0.1) is 0 Å². The largest absolute Gasteiger partial charge is 0.313 e. The molecule has 1 unspecified atom stereocenters. The van der Waals surface area contributed by atoms with E-state index >= 15 is 0 Å². The van der Waals surface area contributed by atoms with Gasteiger partial charge in [-0.2, -0.15) is 0 Å². The lowest BCUT2D eigenvalue weighted by atomic mass is 9.86. The molecule has 2 aromatic carbocycles. The quantitative estimate of drug-likeness (QED) is 0.780. The Labute approximate surface area is 133 Å². The molecule has 2 aromatic rings. The molecule has 1 N–H and O–H groups in total. The molecule has 112 valence electrons. The van der Waals surface area contributed by atoms with Crippen molar-refractivity contribution in [2.24, 2.45) is 0 Å². The summed E-state index contributed by atoms with van der Waals surface area (Å²) >= 11 is 6.42. The van der Waals surface area contributed by atoms with Gasteiger partial charge in [-0.1, -0.05) is 68.8 Å². The van der Waals surface area contributed by atoms with Crippen molar-refractivity contribution in [3.63, 3.8) is 0 Å². The van der Waals surface area contributed by atoms with Gasteiger partial charge in [-0.25, -0.2) is 0 Å². The van der Waals surface area contributed by atoms with Crippen LogP contribution in [0.4, 0.5) is 0 Å². The molecule has 0 bridgehead atoms. The van der Waals surface area contributed by atoms with Crippen molar-refractivity contribution in [2.45, 2.75) is 39.2 Å². The summed E-state index contributed by atoms with van der Waals surface area (Å²) in [5.74, 6) is 0. The number of benzene rings is 2. The minimum absolute atomic E-state index is 0.183. The van der Waals surface area contributed by atoms with E-state index in [0.717, 1.165) is 16.1 Å². The van der Waals surface area contributed by atoms with Crippen molar-refractivity contribution < 1.29 is 0 Å². The molecule has 0 heterocycles. The zero-order valence-electron chi connectivity index (χ0n) is 13.5. The van der Waals surface area contributed by atoms with E-state index < -0.39 is 0 Å². The van der Waals surface area contributed by atoms with E-state index in [4.69, 9.17) is 11.6 Å². The summed E-state index contributed by atoms with van der Waals surface area (Å²) in [6, 6.07) is 15.3. The van der Waals surface area contributed by atoms with E-state index in [1.165, 1.54) is 11.1 Å². The first-order chi connectivity index (χ1) is 9.82. The van der Waals surface area contributed by atoms with Gasteiger partial charge in [0.25, 0.3) is 0 Å². The second-order valence-electron chi connectivity index (χ2n) is 6.57. The zero-order valence-corrected chi connectivity index (χ0v) is 14.3. The van der Waals surface area contributed by atoms with E-state index in [2.05, 4.69) is 75.5 Å². The summed E-state index contributed by atoms with van der Waals surface area (Å²) in [5, 5.41) is 4.04. The first-order valence-corrected chi connectivity index (χ1v) is 7.78. The van der Waals surface area contributed by atoms with Gasteiger partial charge < -0.3 is 5.32 Å². The third-order valence-corrected chi connectivity index (χ3v) is 4.31. The highest BCUT2D eigenvalue weighted by atomic mass is 35.5. The SMILES string of the molecule is CNC(C)c1ccc(-c2ccc(C(C)(C)C)cc2)cc1Cl. The van der Waals surface area contributed by atoms with Crippen molar-refractivity contribution in [2.75, 3.05) is 7.05 Å². The first-order valence-electron chi connectivity index (χ1n) is 7.40. The molecule has 2 rings (SSSR count). The summed E-state index contributed by atoms with van der Waals surface area (Å²) in [4.78, 5) is 0. The van der Waals surface area contributed by atoms with Crippen molar-refractivity contribution in [1.29, 1.82) is 0 Å². The Morgan fingerprint density at radius 3 is 2.00 bits per heavy atom. The van der Waals surface area contributed by atoms with Crippen molar-refractivity contribution in [3.8, 4) is 11.1 Å². The van der Waals surface area contributed by atoms with E-state index in [-0.39, 0.29) is 11.5 Å². The van der Waals surface area contributed by atoms with Crippen molar-refractivity contribution in [3.05, 3.63) is 58.6 Å². The molecule has 21 heavy (non-hydrogen) atoms. The minimum Gasteiger partial charge on any atom is -0.313 e. The lowest BCUT2D eigenvalue weighted by molar-refractivity contribution is 0.590. The van der Waals surface area contributed by atoms with Gasteiger partial charge in [-0.3, -0.25) is 0 Å². The molecule has 0 fully saturated rings. The maximum Gasteiger partial charge on any atom is 0.0459 e. The van der Waals surface area contributed by atoms with Gasteiger partial charge in [-0.05, 0) is 47.7 Å². The maximum atomic E-state index is 6.42. The van der Waals surface area contributed by atoms with Gasteiger partial charge in [-0.15, -0.1) is 0 Å². The third-order valence-electron chi connectivity index (χ3n) is 3.98. The lowest BCUT2D eigenvalue weighted by Crippen LogP contribution is -2.12. The molecule has 0 saturated carbocycles. The standard InChI is InChI=1S/C19H24ClN/c1-13(21-5)17-11-8-15(12-18(17)20)14-6-9-16(10-7-14)19(2,3)4/h6-13,21H,1-5H3. The van der Waals surface area contributed by atoms with Crippen LogP contribution in [-0.4, -0.2) is 7.05 Å². The number of hydrogen-bond acceptors (Lipinski definition) is 1. The van der Waals surface area contributed by atoms with Crippen molar-refractivity contribution in [1.82, 2.24) is 5.32 Å². The number of hydrogen-bond donors (Lipinski definition) is 1. The predicted octanol–water partition coefficient (Wildman–Crippen LogP) is 5.58. The van der Waals surface area contributed by atoms with Crippen LogP contribution in [0.25, 0.3) is 11.1 Å². The highest BCUT2D eigenvalue weighted by Gasteiger charge is 2.13. The Balaban J connectivity index is 2.33. The Hall–Kier alpha value is -1.31. The van der Waals surface area contributed by atoms with E-state index in [1.807, 2.05) is 7.05 Å². The van der Waals surface area contributed by atoms with Gasteiger partial charge in [0.15, 0.2) is 0 Å². The lowest BCUT2D eigenvalue weighted by Gasteiger charge is -2.19. The van der Waals surface area contributed by atoms with Gasteiger partial charge in [0, 0.05) is 11.1 Å². The molecule has 0 amide bonds. The van der Waals surface area contributed by atoms with Gasteiger partial charge in [0.1, 0.15) is 0 Å². The molecule has 0 spiro atoms. The number of rotatable bonds is 3. The summed E-state index contributed by atoms with van der Waals surface area (Å²) in [6.45, 7) is 8.80. The second-order valence-corrected chi connectivity index (χ2v) is 6.98. The molecular weight excluding hydrogens is 278 g/mol. The van der Waals surface area contributed by atoms with Crippen LogP contribution >= 0.6 is 11.6 Å². The molecule has 1 nitrogen and oxygen atoms in total. The minimum atomic E-state index is 0.183. The van der Waals surface area contributed by atoms with Crippen LogP contribution in [0.15, 0.2) is 42.5 Å². The Morgan fingerprint density at radius 1 is 0.952 bits per heavy atom. The molecule has 0 aliphatic heterocycles. The Kier molecular flexibility index (Phi) is 4.75. The van der Waals surface area contributed by atoms with Gasteiger partial charge >= 0.3 is 0 Å². The summed E-state index contributed by atoms with van der Waals surface area (Å²) in [7, 11) is 1.94. The predicted molar refractivity (Wildman–Crippen MR) is 93.1 cm³/mol. The van der Waals surface area contributed by atoms with E-state index in [9.17, 15) is 0 Å². The molecule has 0 aliphatic carbocycles. The highest BCUT2D eigenvalue weighted by Crippen LogP contribution is 2.30. The fraction of sp³-hybridized carbons (Fsp3) is 0.368.